The van der Waals surface area contributed by atoms with E-state index >= 15 is 24.0 Å². The number of nitrogens with one attached hydrogen (secondary N) is 3. The van der Waals surface area contributed by atoms with Crippen LogP contribution in [-0.2, 0) is 70.0 Å². The molecule has 488 valence electrons. The van der Waals surface area contributed by atoms with Crippen LogP contribution in [0.2, 0.25) is 0 Å². The molecule has 5 rings (SSSR count). The molecule has 3 aliphatic rings. The largest absolute Gasteiger partial charge is 0.494 e. The summed E-state index contributed by atoms with van der Waals surface area (Å²) in [5, 5.41) is 20.6. The number of hydrogen-bond donors (Lipinski definition) is 4. The van der Waals surface area contributed by atoms with E-state index in [1.54, 1.807) is 72.7 Å². The van der Waals surface area contributed by atoms with Crippen molar-refractivity contribution in [3.63, 3.8) is 0 Å². The molecular weight excluding hydrogens is 1120 g/mol. The van der Waals surface area contributed by atoms with Crippen molar-refractivity contribution in [1.82, 2.24) is 40.4 Å². The van der Waals surface area contributed by atoms with Gasteiger partial charge in [-0.05, 0) is 107 Å². The van der Waals surface area contributed by atoms with Crippen LogP contribution in [0.25, 0.3) is 0 Å². The number of rotatable bonds is 14. The van der Waals surface area contributed by atoms with E-state index in [9.17, 15) is 24.3 Å². The third-order valence-corrected chi connectivity index (χ3v) is 18.5. The summed E-state index contributed by atoms with van der Waals surface area (Å²) in [7, 11) is 4.98. The number of amides is 8. The van der Waals surface area contributed by atoms with E-state index in [4.69, 9.17) is 14.0 Å². The molecule has 0 spiro atoms. The smallest absolute Gasteiger partial charge is 0.450 e. The highest BCUT2D eigenvalue weighted by atomic mass is 16.7. The van der Waals surface area contributed by atoms with Gasteiger partial charge < -0.3 is 59.6 Å². The summed E-state index contributed by atoms with van der Waals surface area (Å²) in [6.45, 7) is 28.4. The molecule has 0 saturated carbocycles. The number of esters is 1. The average Bonchev–Trinajstić information content (AvgIpc) is 2.50. The second-order valence-corrected chi connectivity index (χ2v) is 27.5. The first-order chi connectivity index (χ1) is 40.9. The van der Waals surface area contributed by atoms with E-state index in [1.807, 2.05) is 78.8 Å². The number of hydrogen-bond acceptors (Lipinski definition) is 13. The van der Waals surface area contributed by atoms with E-state index in [2.05, 4.69) is 16.0 Å². The molecule has 0 aromatic heterocycles. The van der Waals surface area contributed by atoms with Crippen LogP contribution in [0, 0.1) is 29.6 Å². The molecule has 3 heterocycles. The first-order valence-electron chi connectivity index (χ1n) is 31.6. The summed E-state index contributed by atoms with van der Waals surface area (Å²) < 4.78 is 18.8. The quantitative estimate of drug-likeness (QED) is 0.148. The molecule has 11 atom stereocenters. The van der Waals surface area contributed by atoms with Crippen molar-refractivity contribution in [3.05, 3.63) is 65.7 Å². The molecule has 8 amide bonds. The number of likely N-dealkylation sites (N-methyl/N-ethyl adjacent to an activating group) is 4. The van der Waals surface area contributed by atoms with Crippen LogP contribution in [0.15, 0.2) is 54.6 Å². The predicted octanol–water partition coefficient (Wildman–Crippen LogP) is 4.67. The second-order valence-electron chi connectivity index (χ2n) is 27.5. The average molecular weight is 1230 g/mol. The zero-order valence-corrected chi connectivity index (χ0v) is 56.1. The summed E-state index contributed by atoms with van der Waals surface area (Å²) >= 11 is 0. The number of ether oxygens (including phenoxy) is 1. The van der Waals surface area contributed by atoms with E-state index in [-0.39, 0.29) is 38.1 Å². The Morgan fingerprint density at radius 2 is 1.10 bits per heavy atom. The van der Waals surface area contributed by atoms with Gasteiger partial charge in [-0.25, -0.2) is 4.79 Å². The molecule has 3 aliphatic heterocycles. The number of aliphatic hydroxyl groups is 1. The van der Waals surface area contributed by atoms with Crippen LogP contribution in [0.4, 0.5) is 0 Å². The van der Waals surface area contributed by atoms with Crippen molar-refractivity contribution < 1.29 is 62.3 Å². The van der Waals surface area contributed by atoms with Crippen molar-refractivity contribution >= 4 is 65.8 Å². The lowest BCUT2D eigenvalue weighted by atomic mass is 9.78. The minimum atomic E-state index is -1.99. The standard InChI is InChI=1S/C66H103BN8O13/c1-21-41(9)50-61(82)72(18)51(39(5)6)56(77)68-46(35-38(3)4)59(80)74(20)54(64(11,12)85)63(84)86-53(42(10)22-2)62(83)73(19)52(40(7)8)57(78)69-47(36-43-27-24-23-25-28-43)58(79)71(17)49(60(81)75-34-26-29-48(75)55(76)70-50)37-44-30-32-45(33-31-44)67-87-65(13,14)66(15,16)88-67/h23-25,27-28,30-33,38-42,46-54,85H,21-22,26,29,34-37H2,1-20H3,(H,68,77)(H,69,78)(H,70,76)/t41?,42?,46-,47-,48-,49-,50-,51-,52-,53+,54+/m0/s1. The number of carbonyl (C=O) groups excluding carboxylic acids is 9. The molecule has 88 heavy (non-hydrogen) atoms. The zero-order valence-electron chi connectivity index (χ0n) is 56.1. The van der Waals surface area contributed by atoms with Crippen molar-refractivity contribution in [2.75, 3.05) is 34.7 Å². The fourth-order valence-corrected chi connectivity index (χ4v) is 12.1. The number of nitrogens with zero attached hydrogens (tertiary/aromatic N) is 5. The van der Waals surface area contributed by atoms with E-state index < -0.39 is 155 Å². The first-order valence-corrected chi connectivity index (χ1v) is 31.6. The zero-order chi connectivity index (χ0) is 66.2. The van der Waals surface area contributed by atoms with Crippen molar-refractivity contribution in [3.8, 4) is 0 Å². The molecule has 2 unspecified atom stereocenters. The van der Waals surface area contributed by atoms with Crippen molar-refractivity contribution in [1.29, 1.82) is 0 Å². The Morgan fingerprint density at radius 1 is 0.602 bits per heavy atom. The Labute approximate surface area is 523 Å². The molecule has 0 aliphatic carbocycles. The van der Waals surface area contributed by atoms with Crippen molar-refractivity contribution in [2.24, 2.45) is 29.6 Å². The van der Waals surface area contributed by atoms with Gasteiger partial charge in [0.25, 0.3) is 5.91 Å². The van der Waals surface area contributed by atoms with Gasteiger partial charge in [0.2, 0.25) is 41.4 Å². The van der Waals surface area contributed by atoms with Gasteiger partial charge >= 0.3 is 13.1 Å². The maximum atomic E-state index is 15.7. The minimum Gasteiger partial charge on any atom is -0.450 e. The van der Waals surface area contributed by atoms with Crippen LogP contribution >= 0.6 is 0 Å². The highest BCUT2D eigenvalue weighted by Gasteiger charge is 2.52. The molecule has 0 radical (unpaired) electrons. The van der Waals surface area contributed by atoms with Crippen LogP contribution in [0.3, 0.4) is 0 Å². The lowest BCUT2D eigenvalue weighted by Crippen LogP contribution is -2.63. The van der Waals surface area contributed by atoms with Crippen LogP contribution in [0.1, 0.15) is 154 Å². The summed E-state index contributed by atoms with van der Waals surface area (Å²) in [5.74, 6) is -8.91. The minimum absolute atomic E-state index is 0.0334. The summed E-state index contributed by atoms with van der Waals surface area (Å²) in [6.07, 6.45) is -0.132. The summed E-state index contributed by atoms with van der Waals surface area (Å²) in [4.78, 5) is 142. The Hall–Kier alpha value is -6.39. The third kappa shape index (κ3) is 16.9. The van der Waals surface area contributed by atoms with Crippen molar-refractivity contribution in [2.45, 2.75) is 227 Å². The topological polar surface area (TPSA) is 254 Å². The monoisotopic (exact) mass is 1230 g/mol. The lowest BCUT2D eigenvalue weighted by Gasteiger charge is -2.39. The molecule has 21 nitrogen and oxygen atoms in total. The Balaban J connectivity index is 1.71. The van der Waals surface area contributed by atoms with Gasteiger partial charge in [0.05, 0.1) is 16.8 Å². The van der Waals surface area contributed by atoms with Gasteiger partial charge in [0, 0.05) is 53.5 Å². The Morgan fingerprint density at radius 3 is 1.60 bits per heavy atom. The number of fused-ring (bicyclic) bond motifs is 1. The maximum Gasteiger partial charge on any atom is 0.494 e. The van der Waals surface area contributed by atoms with Gasteiger partial charge in [0.1, 0.15) is 42.3 Å². The lowest BCUT2D eigenvalue weighted by molar-refractivity contribution is -0.177. The molecule has 3 saturated heterocycles. The first kappa shape index (κ1) is 72.4. The van der Waals surface area contributed by atoms with Gasteiger partial charge in [-0.1, -0.05) is 130 Å². The van der Waals surface area contributed by atoms with Gasteiger partial charge in [-0.3, -0.25) is 38.4 Å². The SMILES string of the molecule is CCC(C)[C@@H]1NC(=O)[C@@H]2CCCN2C(=O)[C@H](Cc2ccc(B3OC(C)(C)C(C)(C)O3)cc2)N(C)C(=O)[C@H](Cc2ccccc2)NC(=O)[C@H](C(C)C)N(C)C(=O)[C@@H](C(C)CC)OC(=O)[C@H](C(C)(C)O)N(C)C(=O)[C@H](CC(C)C)NC(=O)[C@H](C(C)C)N(C)C1=O. The van der Waals surface area contributed by atoms with Gasteiger partial charge in [-0.15, -0.1) is 0 Å². The number of cyclic esters (lactones) is 1. The molecule has 3 fully saturated rings. The Kier molecular flexibility index (Phi) is 24.6. The highest BCUT2D eigenvalue weighted by Crippen LogP contribution is 2.37. The molecular formula is C66H103BN8O13. The number of carbonyl (C=O) groups is 9. The van der Waals surface area contributed by atoms with E-state index in [0.717, 1.165) is 10.4 Å². The molecule has 0 bridgehead atoms. The number of benzene rings is 2. The molecule has 2 aromatic carbocycles. The molecule has 22 heteroatoms. The molecule has 4 N–H and O–H groups in total. The highest BCUT2D eigenvalue weighted by molar-refractivity contribution is 6.62. The Bertz CT molecular complexity index is 2770. The fraction of sp³-hybridized carbons (Fsp3) is 0.682. The van der Waals surface area contributed by atoms with Gasteiger partial charge in [0.15, 0.2) is 12.1 Å². The van der Waals surface area contributed by atoms with E-state index in [1.165, 1.54) is 61.6 Å². The van der Waals surface area contributed by atoms with Crippen LogP contribution in [0.5, 0.6) is 0 Å². The van der Waals surface area contributed by atoms with Gasteiger partial charge in [-0.2, -0.15) is 0 Å². The summed E-state index contributed by atoms with van der Waals surface area (Å²) in [6, 6.07) is 6.04. The van der Waals surface area contributed by atoms with E-state index in [0.29, 0.717) is 30.4 Å². The van der Waals surface area contributed by atoms with Crippen LogP contribution in [-0.4, -0.2) is 196 Å². The normalized spacial score (nSPS) is 27.2. The second kappa shape index (κ2) is 30.0. The fourth-order valence-electron chi connectivity index (χ4n) is 12.1. The van der Waals surface area contributed by atoms with Crippen LogP contribution < -0.4 is 21.4 Å². The third-order valence-electron chi connectivity index (χ3n) is 18.5. The molecule has 2 aromatic rings. The predicted molar refractivity (Wildman–Crippen MR) is 337 cm³/mol. The maximum absolute atomic E-state index is 15.7. The summed E-state index contributed by atoms with van der Waals surface area (Å²) in [5.41, 5.74) is -1.14.